The first-order chi connectivity index (χ1) is 17.0. The van der Waals surface area contributed by atoms with Crippen LogP contribution in [0.5, 0.6) is 0 Å². The highest BCUT2D eigenvalue weighted by Gasteiger charge is 2.38. The molecule has 3 N–H and O–H groups in total. The summed E-state index contributed by atoms with van der Waals surface area (Å²) in [5.74, 6) is 1.67. The molecule has 2 aromatic rings. The third kappa shape index (κ3) is 5.38. The van der Waals surface area contributed by atoms with Crippen LogP contribution < -0.4 is 16.0 Å². The highest BCUT2D eigenvalue weighted by atomic mass is 35.5. The minimum absolute atomic E-state index is 0.133. The predicted octanol–water partition coefficient (Wildman–Crippen LogP) is 4.77. The van der Waals surface area contributed by atoms with Crippen molar-refractivity contribution in [2.75, 3.05) is 30.8 Å². The number of aromatic nitrogens is 2. The second-order valence-electron chi connectivity index (χ2n) is 10.2. The molecular weight excluding hydrogens is 498 g/mol. The van der Waals surface area contributed by atoms with E-state index in [1.54, 1.807) is 51.4 Å². The van der Waals surface area contributed by atoms with Crippen molar-refractivity contribution in [2.45, 2.75) is 50.8 Å². The van der Waals surface area contributed by atoms with Gasteiger partial charge in [-0.05, 0) is 43.4 Å². The van der Waals surface area contributed by atoms with Crippen LogP contribution in [0.1, 0.15) is 39.8 Å². The van der Waals surface area contributed by atoms with Crippen LogP contribution in [-0.4, -0.2) is 43.8 Å². The number of hydrogen-bond acceptors (Lipinski definition) is 8. The average molecular weight is 532 g/mol. The molecule has 194 valence electrons. The maximum Gasteiger partial charge on any atom is 0.227 e. The molecule has 0 spiro atoms. The molecule has 1 aromatic heterocycles. The fraction of sp³-hybridized carbons (Fsp3) is 0.462. The van der Waals surface area contributed by atoms with Gasteiger partial charge >= 0.3 is 0 Å². The molecule has 10 heteroatoms. The van der Waals surface area contributed by atoms with E-state index in [0.29, 0.717) is 28.3 Å². The van der Waals surface area contributed by atoms with Gasteiger partial charge in [-0.25, -0.2) is 18.4 Å². The molecule has 0 bridgehead atoms. The van der Waals surface area contributed by atoms with Crippen LogP contribution in [0.15, 0.2) is 58.5 Å². The summed E-state index contributed by atoms with van der Waals surface area (Å²) in [4.78, 5) is 9.22. The maximum atomic E-state index is 12.8. The molecule has 0 radical (unpaired) electrons. The molecule has 2 aliphatic rings. The van der Waals surface area contributed by atoms with E-state index >= 15 is 0 Å². The van der Waals surface area contributed by atoms with Crippen molar-refractivity contribution in [3.63, 3.8) is 0 Å². The van der Waals surface area contributed by atoms with Crippen molar-refractivity contribution >= 4 is 33.1 Å². The number of para-hydroxylation sites is 1. The van der Waals surface area contributed by atoms with E-state index in [1.807, 2.05) is 0 Å². The van der Waals surface area contributed by atoms with Gasteiger partial charge in [0.05, 0.1) is 52.1 Å². The lowest BCUT2D eigenvalue weighted by atomic mass is 9.68. The predicted molar refractivity (Wildman–Crippen MR) is 144 cm³/mol. The van der Waals surface area contributed by atoms with E-state index < -0.39 is 15.1 Å². The number of nitrogens with zero attached hydrogens (tertiary/aromatic N) is 2. The zero-order valence-electron chi connectivity index (χ0n) is 21.4. The Labute approximate surface area is 218 Å². The summed E-state index contributed by atoms with van der Waals surface area (Å²) in [6, 6.07) is 6.85. The van der Waals surface area contributed by atoms with E-state index in [-0.39, 0.29) is 16.9 Å². The average Bonchev–Trinajstić information content (AvgIpc) is 2.84. The van der Waals surface area contributed by atoms with Crippen molar-refractivity contribution in [1.29, 1.82) is 0 Å². The fourth-order valence-electron chi connectivity index (χ4n) is 4.70. The summed E-state index contributed by atoms with van der Waals surface area (Å²) in [6.07, 6.45) is 4.48. The first kappa shape index (κ1) is 26.4. The third-order valence-electron chi connectivity index (χ3n) is 6.89. The SMILES string of the molecule is COC1=C(Nc2ncc(Cl)c(CNc3ccccc3S(=O)(=O)C(C)C)n2)C=C2CNCC(C)(C)C2C1. The van der Waals surface area contributed by atoms with Gasteiger partial charge in [0.2, 0.25) is 5.95 Å². The van der Waals surface area contributed by atoms with Crippen molar-refractivity contribution in [3.05, 3.63) is 64.3 Å². The summed E-state index contributed by atoms with van der Waals surface area (Å²) in [7, 11) is -1.76. The molecule has 1 aliphatic heterocycles. The highest BCUT2D eigenvalue weighted by Crippen LogP contribution is 2.43. The number of fused-ring (bicyclic) bond motifs is 1. The van der Waals surface area contributed by atoms with Crippen molar-refractivity contribution in [1.82, 2.24) is 15.3 Å². The molecule has 1 atom stereocenters. The number of sulfone groups is 1. The van der Waals surface area contributed by atoms with Crippen LogP contribution in [-0.2, 0) is 21.1 Å². The van der Waals surface area contributed by atoms with Gasteiger partial charge in [-0.2, -0.15) is 0 Å². The number of benzene rings is 1. The molecule has 1 fully saturated rings. The summed E-state index contributed by atoms with van der Waals surface area (Å²) in [6.45, 7) is 9.92. The van der Waals surface area contributed by atoms with E-state index in [1.165, 1.54) is 5.57 Å². The lowest BCUT2D eigenvalue weighted by Gasteiger charge is -2.43. The summed E-state index contributed by atoms with van der Waals surface area (Å²) in [5, 5.41) is 9.85. The summed E-state index contributed by atoms with van der Waals surface area (Å²) >= 11 is 6.40. The minimum atomic E-state index is -3.45. The van der Waals surface area contributed by atoms with Crippen LogP contribution in [0.25, 0.3) is 0 Å². The number of anilines is 2. The Morgan fingerprint density at radius 3 is 2.75 bits per heavy atom. The highest BCUT2D eigenvalue weighted by molar-refractivity contribution is 7.92. The summed E-state index contributed by atoms with van der Waals surface area (Å²) < 4.78 is 31.3. The molecule has 36 heavy (non-hydrogen) atoms. The molecule has 1 saturated heterocycles. The molecule has 1 aliphatic carbocycles. The summed E-state index contributed by atoms with van der Waals surface area (Å²) in [5.41, 5.74) is 3.35. The number of hydrogen-bond donors (Lipinski definition) is 3. The van der Waals surface area contributed by atoms with E-state index in [0.717, 1.165) is 31.0 Å². The normalized spacial score (nSPS) is 19.5. The Kier molecular flexibility index (Phi) is 7.64. The Morgan fingerprint density at radius 1 is 1.28 bits per heavy atom. The van der Waals surface area contributed by atoms with Crippen LogP contribution >= 0.6 is 11.6 Å². The van der Waals surface area contributed by atoms with E-state index in [2.05, 4.69) is 45.8 Å². The molecular formula is C26H34ClN5O3S. The third-order valence-corrected chi connectivity index (χ3v) is 9.42. The van der Waals surface area contributed by atoms with Gasteiger partial charge in [0.15, 0.2) is 9.84 Å². The Bertz CT molecular complexity index is 1300. The number of piperidine rings is 1. The second-order valence-corrected chi connectivity index (χ2v) is 13.0. The molecule has 4 rings (SSSR count). The van der Waals surface area contributed by atoms with E-state index in [9.17, 15) is 8.42 Å². The van der Waals surface area contributed by atoms with Crippen LogP contribution in [0.4, 0.5) is 11.6 Å². The van der Waals surface area contributed by atoms with Gasteiger partial charge < -0.3 is 20.7 Å². The van der Waals surface area contributed by atoms with Gasteiger partial charge in [0.1, 0.15) is 5.76 Å². The Hall–Kier alpha value is -2.62. The number of ether oxygens (including phenoxy) is 1. The van der Waals surface area contributed by atoms with Crippen LogP contribution in [0.2, 0.25) is 5.02 Å². The van der Waals surface area contributed by atoms with Crippen LogP contribution in [0, 0.1) is 11.3 Å². The first-order valence-corrected chi connectivity index (χ1v) is 14.0. The monoisotopic (exact) mass is 531 g/mol. The van der Waals surface area contributed by atoms with Gasteiger partial charge in [-0.1, -0.05) is 43.2 Å². The first-order valence-electron chi connectivity index (χ1n) is 12.1. The van der Waals surface area contributed by atoms with Crippen LogP contribution in [0.3, 0.4) is 0 Å². The Morgan fingerprint density at radius 2 is 2.03 bits per heavy atom. The smallest absolute Gasteiger partial charge is 0.227 e. The topological polar surface area (TPSA) is 105 Å². The maximum absolute atomic E-state index is 12.8. The minimum Gasteiger partial charge on any atom is -0.499 e. The zero-order valence-corrected chi connectivity index (χ0v) is 22.9. The number of halogens is 1. The number of allylic oxidation sites excluding steroid dienone is 2. The van der Waals surface area contributed by atoms with Crippen molar-refractivity contribution < 1.29 is 13.2 Å². The molecule has 8 nitrogen and oxygen atoms in total. The zero-order chi connectivity index (χ0) is 26.1. The number of nitrogens with one attached hydrogen (secondary N) is 3. The largest absolute Gasteiger partial charge is 0.499 e. The molecule has 2 heterocycles. The van der Waals surface area contributed by atoms with Gasteiger partial charge in [0.25, 0.3) is 0 Å². The van der Waals surface area contributed by atoms with Gasteiger partial charge in [-0.3, -0.25) is 0 Å². The number of methoxy groups -OCH3 is 1. The second kappa shape index (κ2) is 10.4. The van der Waals surface area contributed by atoms with Crippen molar-refractivity contribution in [3.8, 4) is 0 Å². The molecule has 1 aromatic carbocycles. The van der Waals surface area contributed by atoms with Crippen molar-refractivity contribution in [2.24, 2.45) is 11.3 Å². The molecule has 1 unspecified atom stereocenters. The Balaban J connectivity index is 1.55. The molecule has 0 saturated carbocycles. The molecule has 0 amide bonds. The fourth-order valence-corrected chi connectivity index (χ4v) is 6.08. The van der Waals surface area contributed by atoms with Gasteiger partial charge in [-0.15, -0.1) is 0 Å². The lowest BCUT2D eigenvalue weighted by Crippen LogP contribution is -2.45. The quantitative estimate of drug-likeness (QED) is 0.447. The standard InChI is InChI=1S/C26H34ClN5O3S/c1-16(2)36(33,34)24-9-7-6-8-20(24)29-14-22-19(27)13-30-25(32-22)31-21-10-17-12-28-15-26(3,4)18(17)11-23(21)35-5/h6-10,13,16,18,28-29H,11-12,14-15H2,1-5H3,(H,30,31,32). The van der Waals surface area contributed by atoms with Gasteiger partial charge in [0, 0.05) is 19.5 Å². The van der Waals surface area contributed by atoms with E-state index in [4.69, 9.17) is 16.3 Å². The number of rotatable bonds is 8. The lowest BCUT2D eigenvalue weighted by molar-refractivity contribution is 0.169.